The van der Waals surface area contributed by atoms with Gasteiger partial charge in [0, 0.05) is 16.6 Å². The zero-order valence-corrected chi connectivity index (χ0v) is 19.5. The number of anilines is 2. The summed E-state index contributed by atoms with van der Waals surface area (Å²) in [5, 5.41) is 14.8. The fourth-order valence-corrected chi connectivity index (χ4v) is 4.74. The molecule has 1 amide bonds. The summed E-state index contributed by atoms with van der Waals surface area (Å²) in [4.78, 5) is 11.1. The van der Waals surface area contributed by atoms with Crippen molar-refractivity contribution in [1.82, 2.24) is 10.2 Å². The molecule has 35 heavy (non-hydrogen) atoms. The van der Waals surface area contributed by atoms with Crippen LogP contribution in [0.3, 0.4) is 0 Å². The van der Waals surface area contributed by atoms with E-state index in [1.165, 1.54) is 23.5 Å². The summed E-state index contributed by atoms with van der Waals surface area (Å²) in [5.41, 5.74) is 7.42. The van der Waals surface area contributed by atoms with Crippen molar-refractivity contribution >= 4 is 38.8 Å². The molecule has 0 spiro atoms. The highest BCUT2D eigenvalue weighted by atomic mass is 32.1. The number of hydrogen-bond donors (Lipinski definition) is 2. The first-order valence-electron chi connectivity index (χ1n) is 11.1. The minimum absolute atomic E-state index is 0.119. The Labute approximate surface area is 204 Å². The Kier molecular flexibility index (Phi) is 6.84. The number of nitrogens with one attached hydrogen (secondary N) is 1. The van der Waals surface area contributed by atoms with Crippen LogP contribution in [0.5, 0.6) is 5.75 Å². The van der Waals surface area contributed by atoms with E-state index in [0.29, 0.717) is 49.4 Å². The van der Waals surface area contributed by atoms with E-state index in [2.05, 4.69) is 15.5 Å². The number of aromatic nitrogens is 2. The van der Waals surface area contributed by atoms with E-state index in [4.69, 9.17) is 19.9 Å². The minimum atomic E-state index is -0.588. The topological polar surface area (TPSA) is 109 Å². The van der Waals surface area contributed by atoms with Gasteiger partial charge in [-0.25, -0.2) is 4.39 Å². The first kappa shape index (κ1) is 23.2. The Morgan fingerprint density at radius 3 is 2.89 bits per heavy atom. The zero-order valence-electron chi connectivity index (χ0n) is 18.7. The molecule has 1 aliphatic rings. The molecule has 3 N–H and O–H groups in total. The lowest BCUT2D eigenvalue weighted by atomic mass is 10.1. The Morgan fingerprint density at radius 2 is 2.09 bits per heavy atom. The molecule has 4 aromatic rings. The van der Waals surface area contributed by atoms with Crippen molar-refractivity contribution in [3.05, 3.63) is 65.3 Å². The van der Waals surface area contributed by atoms with Gasteiger partial charge in [0.2, 0.25) is 5.91 Å². The van der Waals surface area contributed by atoms with Crippen molar-refractivity contribution in [2.24, 2.45) is 5.73 Å². The predicted molar refractivity (Wildman–Crippen MR) is 131 cm³/mol. The highest BCUT2D eigenvalue weighted by Gasteiger charge is 2.19. The Hall–Kier alpha value is -3.60. The molecule has 0 saturated carbocycles. The van der Waals surface area contributed by atoms with Crippen molar-refractivity contribution in [2.75, 3.05) is 31.7 Å². The van der Waals surface area contributed by atoms with Crippen LogP contribution < -0.4 is 15.8 Å². The molecule has 0 unspecified atom stereocenters. The number of primary amides is 1. The van der Waals surface area contributed by atoms with Gasteiger partial charge in [0.15, 0.2) is 5.82 Å². The monoisotopic (exact) mass is 494 g/mol. The molecule has 180 valence electrons. The SMILES string of the molecule is NC(=O)Cc1ccc(Nc2nnc(-c3ccccc3OC[C@@H]3COCCO3)c3sccc23)cc1F. The molecule has 0 radical (unpaired) electrons. The summed E-state index contributed by atoms with van der Waals surface area (Å²) < 4.78 is 32.5. The molecule has 2 aromatic heterocycles. The second-order valence-corrected chi connectivity index (χ2v) is 8.93. The average molecular weight is 495 g/mol. The van der Waals surface area contributed by atoms with Crippen molar-refractivity contribution in [3.8, 4) is 17.0 Å². The molecule has 2 aromatic carbocycles. The van der Waals surface area contributed by atoms with Gasteiger partial charge in [-0.3, -0.25) is 4.79 Å². The van der Waals surface area contributed by atoms with Crippen LogP contribution in [0.2, 0.25) is 0 Å². The van der Waals surface area contributed by atoms with E-state index < -0.39 is 11.7 Å². The van der Waals surface area contributed by atoms with E-state index in [0.717, 1.165) is 15.6 Å². The summed E-state index contributed by atoms with van der Waals surface area (Å²) in [5.74, 6) is 0.0740. The fourth-order valence-electron chi connectivity index (χ4n) is 3.84. The first-order valence-corrected chi connectivity index (χ1v) is 12.0. The molecule has 1 saturated heterocycles. The number of carbonyl (C=O) groups is 1. The van der Waals surface area contributed by atoms with E-state index >= 15 is 0 Å². The molecule has 10 heteroatoms. The fraction of sp³-hybridized carbons (Fsp3) is 0.240. The average Bonchev–Trinajstić information content (AvgIpc) is 3.36. The number of carbonyl (C=O) groups excluding carboxylic acids is 1. The molecule has 5 rings (SSSR count). The van der Waals surface area contributed by atoms with Crippen LogP contribution >= 0.6 is 11.3 Å². The largest absolute Gasteiger partial charge is 0.490 e. The molecule has 0 bridgehead atoms. The molecule has 1 aliphatic heterocycles. The highest BCUT2D eigenvalue weighted by molar-refractivity contribution is 7.17. The van der Waals surface area contributed by atoms with Gasteiger partial charge in [0.25, 0.3) is 0 Å². The summed E-state index contributed by atoms with van der Waals surface area (Å²) in [6.45, 7) is 2.03. The number of benzene rings is 2. The summed E-state index contributed by atoms with van der Waals surface area (Å²) in [6, 6.07) is 14.1. The van der Waals surface area contributed by atoms with E-state index in [9.17, 15) is 9.18 Å². The molecular weight excluding hydrogens is 471 g/mol. The molecule has 8 nitrogen and oxygen atoms in total. The zero-order chi connectivity index (χ0) is 24.2. The number of nitrogens with two attached hydrogens (primary N) is 1. The van der Waals surface area contributed by atoms with Crippen molar-refractivity contribution < 1.29 is 23.4 Å². The lowest BCUT2D eigenvalue weighted by Crippen LogP contribution is -2.33. The number of hydrogen-bond acceptors (Lipinski definition) is 8. The van der Waals surface area contributed by atoms with Gasteiger partial charge in [-0.1, -0.05) is 18.2 Å². The van der Waals surface area contributed by atoms with Gasteiger partial charge in [0.05, 0.1) is 30.9 Å². The minimum Gasteiger partial charge on any atom is -0.490 e. The van der Waals surface area contributed by atoms with Crippen LogP contribution in [0.1, 0.15) is 5.56 Å². The van der Waals surface area contributed by atoms with Crippen LogP contribution in [0.15, 0.2) is 53.9 Å². The Morgan fingerprint density at radius 1 is 1.20 bits per heavy atom. The summed E-state index contributed by atoms with van der Waals surface area (Å²) >= 11 is 1.53. The van der Waals surface area contributed by atoms with Gasteiger partial charge < -0.3 is 25.3 Å². The maximum atomic E-state index is 14.4. The second kappa shape index (κ2) is 10.3. The van der Waals surface area contributed by atoms with Crippen LogP contribution in [0, 0.1) is 5.82 Å². The molecule has 3 heterocycles. The van der Waals surface area contributed by atoms with Crippen LogP contribution in [0.25, 0.3) is 21.3 Å². The maximum Gasteiger partial charge on any atom is 0.221 e. The number of fused-ring (bicyclic) bond motifs is 1. The van der Waals surface area contributed by atoms with Crippen LogP contribution in [0.4, 0.5) is 15.9 Å². The standard InChI is InChI=1S/C25H23FN4O4S/c26-20-12-16(6-5-15(20)11-22(27)31)28-25-19-7-10-35-24(19)23(29-30-25)18-3-1-2-4-21(18)34-14-17-13-32-8-9-33-17/h1-7,10,12,17H,8-9,11,13-14H2,(H2,27,31)(H,28,30)/t17-/m0/s1. The predicted octanol–water partition coefficient (Wildman–Crippen LogP) is 4.06. The van der Waals surface area contributed by atoms with E-state index in [1.807, 2.05) is 35.7 Å². The molecule has 1 atom stereocenters. The lowest BCUT2D eigenvalue weighted by molar-refractivity contribution is -0.117. The van der Waals surface area contributed by atoms with Gasteiger partial charge >= 0.3 is 0 Å². The number of nitrogens with zero attached hydrogens (tertiary/aromatic N) is 2. The summed E-state index contributed by atoms with van der Waals surface area (Å²) in [7, 11) is 0. The number of ether oxygens (including phenoxy) is 3. The molecular formula is C25H23FN4O4S. The number of amides is 1. The normalized spacial score (nSPS) is 15.7. The number of para-hydroxylation sites is 1. The third-order valence-electron chi connectivity index (χ3n) is 5.52. The lowest BCUT2D eigenvalue weighted by Gasteiger charge is -2.23. The van der Waals surface area contributed by atoms with Gasteiger partial charge in [-0.05, 0) is 41.3 Å². The number of halogens is 1. The van der Waals surface area contributed by atoms with Crippen molar-refractivity contribution in [2.45, 2.75) is 12.5 Å². The van der Waals surface area contributed by atoms with Gasteiger partial charge in [0.1, 0.15) is 30.0 Å². The third-order valence-corrected chi connectivity index (χ3v) is 6.44. The Bertz CT molecular complexity index is 1360. The smallest absolute Gasteiger partial charge is 0.221 e. The van der Waals surface area contributed by atoms with Gasteiger partial charge in [-0.2, -0.15) is 0 Å². The van der Waals surface area contributed by atoms with Crippen molar-refractivity contribution in [3.63, 3.8) is 0 Å². The molecule has 0 aliphatic carbocycles. The third kappa shape index (κ3) is 5.24. The highest BCUT2D eigenvalue weighted by Crippen LogP contribution is 2.38. The molecule has 1 fully saturated rings. The van der Waals surface area contributed by atoms with E-state index in [-0.39, 0.29) is 18.1 Å². The maximum absolute atomic E-state index is 14.4. The second-order valence-electron chi connectivity index (χ2n) is 8.01. The summed E-state index contributed by atoms with van der Waals surface area (Å²) in [6.07, 6.45) is -0.275. The van der Waals surface area contributed by atoms with Crippen LogP contribution in [-0.2, 0) is 20.7 Å². The van der Waals surface area contributed by atoms with Gasteiger partial charge in [-0.15, -0.1) is 21.5 Å². The van der Waals surface area contributed by atoms with Crippen LogP contribution in [-0.4, -0.2) is 48.6 Å². The number of thiophene rings is 1. The number of rotatable bonds is 8. The first-order chi connectivity index (χ1) is 17.1. The van der Waals surface area contributed by atoms with E-state index in [1.54, 1.807) is 6.07 Å². The quantitative estimate of drug-likeness (QED) is 0.380. The Balaban J connectivity index is 1.41. The van der Waals surface area contributed by atoms with Crippen molar-refractivity contribution in [1.29, 1.82) is 0 Å².